The third-order valence-electron chi connectivity index (χ3n) is 2.55. The van der Waals surface area contributed by atoms with E-state index in [1.807, 2.05) is 6.07 Å². The summed E-state index contributed by atoms with van der Waals surface area (Å²) in [6.45, 7) is 1.20. The molecule has 0 saturated carbocycles. The summed E-state index contributed by atoms with van der Waals surface area (Å²) in [6, 6.07) is 5.22. The molecule has 1 heterocycles. The van der Waals surface area contributed by atoms with E-state index in [-0.39, 0.29) is 0 Å². The topological polar surface area (TPSA) is 66.8 Å². The molecule has 1 aromatic carbocycles. The van der Waals surface area contributed by atoms with E-state index in [0.717, 1.165) is 12.0 Å². The SMILES string of the molecule is O=C(O)C(O)c1ccc2c(c1)COCC2. The Morgan fingerprint density at radius 1 is 1.40 bits per heavy atom. The molecule has 80 valence electrons. The molecule has 0 fully saturated rings. The minimum absolute atomic E-state index is 0.409. The van der Waals surface area contributed by atoms with Crippen LogP contribution >= 0.6 is 0 Å². The lowest BCUT2D eigenvalue weighted by Gasteiger charge is -2.17. The van der Waals surface area contributed by atoms with Crippen molar-refractivity contribution in [2.45, 2.75) is 19.1 Å². The van der Waals surface area contributed by atoms with Crippen LogP contribution in [0.15, 0.2) is 18.2 Å². The van der Waals surface area contributed by atoms with Crippen LogP contribution in [0.3, 0.4) is 0 Å². The van der Waals surface area contributed by atoms with E-state index >= 15 is 0 Å². The first kappa shape index (κ1) is 10.1. The van der Waals surface area contributed by atoms with Crippen LogP contribution < -0.4 is 0 Å². The quantitative estimate of drug-likeness (QED) is 0.757. The van der Waals surface area contributed by atoms with Crippen molar-refractivity contribution < 1.29 is 19.7 Å². The molecular weight excluding hydrogens is 196 g/mol. The van der Waals surface area contributed by atoms with Crippen LogP contribution in [0.25, 0.3) is 0 Å². The number of rotatable bonds is 2. The van der Waals surface area contributed by atoms with Gasteiger partial charge in [0.2, 0.25) is 0 Å². The molecule has 15 heavy (non-hydrogen) atoms. The smallest absolute Gasteiger partial charge is 0.337 e. The van der Waals surface area contributed by atoms with Gasteiger partial charge in [-0.05, 0) is 23.1 Å². The second-order valence-corrected chi connectivity index (χ2v) is 3.57. The van der Waals surface area contributed by atoms with Crippen molar-refractivity contribution in [2.24, 2.45) is 0 Å². The fourth-order valence-corrected chi connectivity index (χ4v) is 1.70. The van der Waals surface area contributed by atoms with Crippen molar-refractivity contribution in [3.8, 4) is 0 Å². The second kappa shape index (κ2) is 4.00. The van der Waals surface area contributed by atoms with Crippen LogP contribution in [0.4, 0.5) is 0 Å². The summed E-state index contributed by atoms with van der Waals surface area (Å²) in [5.41, 5.74) is 2.55. The van der Waals surface area contributed by atoms with E-state index in [1.165, 1.54) is 5.56 Å². The van der Waals surface area contributed by atoms with Gasteiger partial charge in [-0.3, -0.25) is 0 Å². The van der Waals surface area contributed by atoms with E-state index in [4.69, 9.17) is 9.84 Å². The number of benzene rings is 1. The van der Waals surface area contributed by atoms with Gasteiger partial charge in [0.1, 0.15) is 0 Å². The number of fused-ring (bicyclic) bond motifs is 1. The molecule has 0 aromatic heterocycles. The maximum absolute atomic E-state index is 10.6. The van der Waals surface area contributed by atoms with Crippen LogP contribution in [0.1, 0.15) is 22.8 Å². The number of carboxylic acids is 1. The Morgan fingerprint density at radius 3 is 2.93 bits per heavy atom. The number of ether oxygens (including phenoxy) is 1. The zero-order valence-corrected chi connectivity index (χ0v) is 8.14. The highest BCUT2D eigenvalue weighted by atomic mass is 16.5. The summed E-state index contributed by atoms with van der Waals surface area (Å²) in [7, 11) is 0. The van der Waals surface area contributed by atoms with Gasteiger partial charge in [-0.15, -0.1) is 0 Å². The lowest BCUT2D eigenvalue weighted by Crippen LogP contribution is -2.14. The summed E-state index contributed by atoms with van der Waals surface area (Å²) >= 11 is 0. The average molecular weight is 208 g/mol. The number of hydrogen-bond donors (Lipinski definition) is 2. The van der Waals surface area contributed by atoms with Gasteiger partial charge in [-0.2, -0.15) is 0 Å². The van der Waals surface area contributed by atoms with E-state index in [2.05, 4.69) is 0 Å². The molecule has 1 aliphatic heterocycles. The van der Waals surface area contributed by atoms with Crippen LogP contribution in [0.2, 0.25) is 0 Å². The molecular formula is C11H12O4. The monoisotopic (exact) mass is 208 g/mol. The summed E-state index contributed by atoms with van der Waals surface area (Å²) < 4.78 is 5.26. The summed E-state index contributed by atoms with van der Waals surface area (Å²) in [4.78, 5) is 10.6. The highest BCUT2D eigenvalue weighted by Gasteiger charge is 2.18. The van der Waals surface area contributed by atoms with Crippen molar-refractivity contribution in [1.29, 1.82) is 0 Å². The van der Waals surface area contributed by atoms with Crippen molar-refractivity contribution >= 4 is 5.97 Å². The molecule has 1 aliphatic rings. The van der Waals surface area contributed by atoms with Crippen LogP contribution in [0.5, 0.6) is 0 Å². The van der Waals surface area contributed by atoms with Gasteiger partial charge in [-0.1, -0.05) is 18.2 Å². The Balaban J connectivity index is 2.31. The average Bonchev–Trinajstić information content (AvgIpc) is 2.27. The second-order valence-electron chi connectivity index (χ2n) is 3.57. The van der Waals surface area contributed by atoms with E-state index in [1.54, 1.807) is 12.1 Å². The Hall–Kier alpha value is -1.39. The van der Waals surface area contributed by atoms with Crippen LogP contribution in [0, 0.1) is 0 Å². The Labute approximate surface area is 87.1 Å². The number of hydrogen-bond acceptors (Lipinski definition) is 3. The molecule has 0 amide bonds. The Morgan fingerprint density at radius 2 is 2.20 bits per heavy atom. The number of carboxylic acid groups (broad SMARTS) is 1. The van der Waals surface area contributed by atoms with Crippen LogP contribution in [-0.2, 0) is 22.6 Å². The maximum Gasteiger partial charge on any atom is 0.337 e. The first-order valence-electron chi connectivity index (χ1n) is 4.79. The minimum Gasteiger partial charge on any atom is -0.479 e. The number of aliphatic hydroxyl groups excluding tert-OH is 1. The molecule has 1 atom stereocenters. The highest BCUT2D eigenvalue weighted by Crippen LogP contribution is 2.22. The fraction of sp³-hybridized carbons (Fsp3) is 0.364. The van der Waals surface area contributed by atoms with E-state index < -0.39 is 12.1 Å². The van der Waals surface area contributed by atoms with Gasteiger partial charge in [0, 0.05) is 0 Å². The first-order chi connectivity index (χ1) is 7.18. The molecule has 2 rings (SSSR count). The van der Waals surface area contributed by atoms with E-state index in [0.29, 0.717) is 18.8 Å². The van der Waals surface area contributed by atoms with Crippen molar-refractivity contribution in [2.75, 3.05) is 6.61 Å². The summed E-state index contributed by atoms with van der Waals surface area (Å²) in [5, 5.41) is 18.0. The van der Waals surface area contributed by atoms with Crippen molar-refractivity contribution in [3.63, 3.8) is 0 Å². The van der Waals surface area contributed by atoms with Crippen molar-refractivity contribution in [1.82, 2.24) is 0 Å². The van der Waals surface area contributed by atoms with Gasteiger partial charge >= 0.3 is 5.97 Å². The Bertz CT molecular complexity index is 386. The normalized spacial score (nSPS) is 16.9. The predicted molar refractivity (Wildman–Crippen MR) is 52.4 cm³/mol. The molecule has 4 heteroatoms. The third kappa shape index (κ3) is 2.00. The zero-order valence-electron chi connectivity index (χ0n) is 8.14. The minimum atomic E-state index is -1.45. The van der Waals surface area contributed by atoms with Gasteiger partial charge < -0.3 is 14.9 Å². The first-order valence-corrected chi connectivity index (χ1v) is 4.79. The lowest BCUT2D eigenvalue weighted by atomic mass is 9.98. The highest BCUT2D eigenvalue weighted by molar-refractivity contribution is 5.74. The fourth-order valence-electron chi connectivity index (χ4n) is 1.70. The van der Waals surface area contributed by atoms with Crippen molar-refractivity contribution in [3.05, 3.63) is 34.9 Å². The van der Waals surface area contributed by atoms with Gasteiger partial charge in [0.15, 0.2) is 6.10 Å². The van der Waals surface area contributed by atoms with Gasteiger partial charge in [0.25, 0.3) is 0 Å². The molecule has 0 spiro atoms. The molecule has 0 aliphatic carbocycles. The summed E-state index contributed by atoms with van der Waals surface area (Å²) in [6.07, 6.45) is -0.601. The van der Waals surface area contributed by atoms with Gasteiger partial charge in [0.05, 0.1) is 13.2 Å². The largest absolute Gasteiger partial charge is 0.479 e. The molecule has 0 radical (unpaired) electrons. The number of aliphatic hydroxyl groups is 1. The molecule has 1 unspecified atom stereocenters. The maximum atomic E-state index is 10.6. The lowest BCUT2D eigenvalue weighted by molar-refractivity contribution is -0.146. The third-order valence-corrected chi connectivity index (χ3v) is 2.55. The number of aliphatic carboxylic acids is 1. The zero-order chi connectivity index (χ0) is 10.8. The number of carbonyl (C=O) groups is 1. The Kier molecular flexibility index (Phi) is 2.70. The molecule has 0 saturated heterocycles. The standard InChI is InChI=1S/C11H12O4/c12-10(11(13)14)8-2-1-7-3-4-15-6-9(7)5-8/h1-2,5,10,12H,3-4,6H2,(H,13,14). The predicted octanol–water partition coefficient (Wildman–Crippen LogP) is 0.877. The van der Waals surface area contributed by atoms with Crippen LogP contribution in [-0.4, -0.2) is 22.8 Å². The molecule has 4 nitrogen and oxygen atoms in total. The van der Waals surface area contributed by atoms with Gasteiger partial charge in [-0.25, -0.2) is 4.79 Å². The van der Waals surface area contributed by atoms with E-state index in [9.17, 15) is 9.90 Å². The molecule has 2 N–H and O–H groups in total. The summed E-state index contributed by atoms with van der Waals surface area (Å²) in [5.74, 6) is -1.23. The molecule has 0 bridgehead atoms. The molecule has 1 aromatic rings.